The zero-order valence-corrected chi connectivity index (χ0v) is 9.76. The quantitative estimate of drug-likeness (QED) is 0.786. The van der Waals surface area contributed by atoms with E-state index in [1.807, 2.05) is 4.68 Å². The van der Waals surface area contributed by atoms with Crippen LogP contribution < -0.4 is 5.32 Å². The molecule has 2 aliphatic rings. The maximum atomic E-state index is 4.10. The molecule has 0 aliphatic heterocycles. The summed E-state index contributed by atoms with van der Waals surface area (Å²) in [6, 6.07) is 1.23. The van der Waals surface area contributed by atoms with Crippen molar-refractivity contribution in [1.82, 2.24) is 25.5 Å². The predicted octanol–water partition coefficient (Wildman–Crippen LogP) is 1.29. The van der Waals surface area contributed by atoms with E-state index in [4.69, 9.17) is 0 Å². The molecule has 0 aromatic carbocycles. The third-order valence-corrected chi connectivity index (χ3v) is 3.61. The monoisotopic (exact) mass is 221 g/mol. The van der Waals surface area contributed by atoms with Crippen LogP contribution in [-0.2, 0) is 6.54 Å². The van der Waals surface area contributed by atoms with Gasteiger partial charge in [0.25, 0.3) is 0 Å². The van der Waals surface area contributed by atoms with E-state index in [2.05, 4.69) is 27.8 Å². The molecule has 0 saturated heterocycles. The van der Waals surface area contributed by atoms with Crippen molar-refractivity contribution in [2.75, 3.05) is 0 Å². The molecule has 1 atom stereocenters. The van der Waals surface area contributed by atoms with E-state index in [0.717, 1.165) is 18.3 Å². The van der Waals surface area contributed by atoms with E-state index in [0.29, 0.717) is 12.1 Å². The molecule has 16 heavy (non-hydrogen) atoms. The standard InChI is InChI=1S/C11H19N5/c1-2-10(8-3-4-8)12-7-11-13-14-15-16(11)9-5-6-9/h8-10,12H,2-7H2,1H3. The van der Waals surface area contributed by atoms with Crippen LogP contribution in [0.1, 0.15) is 50.9 Å². The highest BCUT2D eigenvalue weighted by molar-refractivity contribution is 4.92. The van der Waals surface area contributed by atoms with Crippen molar-refractivity contribution in [3.63, 3.8) is 0 Å². The van der Waals surface area contributed by atoms with E-state index in [1.165, 1.54) is 32.1 Å². The Labute approximate surface area is 95.6 Å². The van der Waals surface area contributed by atoms with Crippen LogP contribution in [0.15, 0.2) is 0 Å². The van der Waals surface area contributed by atoms with Crippen LogP contribution in [0.2, 0.25) is 0 Å². The second-order valence-electron chi connectivity index (χ2n) is 5.00. The van der Waals surface area contributed by atoms with Crippen molar-refractivity contribution in [1.29, 1.82) is 0 Å². The lowest BCUT2D eigenvalue weighted by Gasteiger charge is -2.15. The highest BCUT2D eigenvalue weighted by Crippen LogP contribution is 2.35. The molecule has 1 N–H and O–H groups in total. The fourth-order valence-electron chi connectivity index (χ4n) is 2.30. The van der Waals surface area contributed by atoms with Gasteiger partial charge in [-0.15, -0.1) is 5.10 Å². The van der Waals surface area contributed by atoms with Crippen molar-refractivity contribution in [3.8, 4) is 0 Å². The van der Waals surface area contributed by atoms with Crippen LogP contribution in [0, 0.1) is 5.92 Å². The predicted molar refractivity (Wildman–Crippen MR) is 59.7 cm³/mol. The number of hydrogen-bond acceptors (Lipinski definition) is 4. The van der Waals surface area contributed by atoms with Gasteiger partial charge in [-0.05, 0) is 48.4 Å². The average molecular weight is 221 g/mol. The number of aromatic nitrogens is 4. The Kier molecular flexibility index (Phi) is 2.63. The molecule has 2 fully saturated rings. The molecule has 0 radical (unpaired) electrons. The molecule has 2 saturated carbocycles. The molecular weight excluding hydrogens is 202 g/mol. The van der Waals surface area contributed by atoms with Gasteiger partial charge >= 0.3 is 0 Å². The lowest BCUT2D eigenvalue weighted by molar-refractivity contribution is 0.432. The zero-order valence-electron chi connectivity index (χ0n) is 9.76. The molecule has 88 valence electrons. The number of hydrogen-bond donors (Lipinski definition) is 1. The molecule has 0 amide bonds. The summed E-state index contributed by atoms with van der Waals surface area (Å²) in [5.41, 5.74) is 0. The summed E-state index contributed by atoms with van der Waals surface area (Å²) >= 11 is 0. The van der Waals surface area contributed by atoms with Gasteiger partial charge in [0, 0.05) is 6.04 Å². The third-order valence-electron chi connectivity index (χ3n) is 3.61. The molecule has 5 heteroatoms. The summed E-state index contributed by atoms with van der Waals surface area (Å²) in [6.07, 6.45) is 6.45. The van der Waals surface area contributed by atoms with Crippen LogP contribution in [0.5, 0.6) is 0 Å². The third kappa shape index (κ3) is 2.09. The van der Waals surface area contributed by atoms with Gasteiger partial charge in [-0.25, -0.2) is 4.68 Å². The minimum Gasteiger partial charge on any atom is -0.307 e. The normalized spacial score (nSPS) is 22.3. The maximum Gasteiger partial charge on any atom is 0.165 e. The molecule has 5 nitrogen and oxygen atoms in total. The lowest BCUT2D eigenvalue weighted by Crippen LogP contribution is -2.31. The van der Waals surface area contributed by atoms with Gasteiger partial charge in [-0.1, -0.05) is 6.92 Å². The molecular formula is C11H19N5. The maximum absolute atomic E-state index is 4.10. The largest absolute Gasteiger partial charge is 0.307 e. The fraction of sp³-hybridized carbons (Fsp3) is 0.909. The Morgan fingerprint density at radius 3 is 2.81 bits per heavy atom. The van der Waals surface area contributed by atoms with Gasteiger partial charge in [0.15, 0.2) is 5.82 Å². The Hall–Kier alpha value is -0.970. The van der Waals surface area contributed by atoms with Crippen molar-refractivity contribution in [3.05, 3.63) is 5.82 Å². The Balaban J connectivity index is 1.58. The molecule has 2 aliphatic carbocycles. The van der Waals surface area contributed by atoms with Crippen molar-refractivity contribution in [2.45, 2.75) is 57.7 Å². The molecule has 1 unspecified atom stereocenters. The summed E-state index contributed by atoms with van der Waals surface area (Å²) < 4.78 is 1.99. The first-order valence-corrected chi connectivity index (χ1v) is 6.38. The van der Waals surface area contributed by atoms with Gasteiger partial charge < -0.3 is 5.32 Å². The first-order chi connectivity index (χ1) is 7.88. The second kappa shape index (κ2) is 4.13. The Bertz CT molecular complexity index is 353. The Morgan fingerprint density at radius 2 is 2.19 bits per heavy atom. The molecule has 0 bridgehead atoms. The smallest absolute Gasteiger partial charge is 0.165 e. The van der Waals surface area contributed by atoms with Gasteiger partial charge in [0.2, 0.25) is 0 Å². The summed E-state index contributed by atoms with van der Waals surface area (Å²) in [6.45, 7) is 3.07. The first-order valence-electron chi connectivity index (χ1n) is 6.38. The molecule has 3 rings (SSSR count). The van der Waals surface area contributed by atoms with Gasteiger partial charge in [-0.2, -0.15) is 0 Å². The fourth-order valence-corrected chi connectivity index (χ4v) is 2.30. The van der Waals surface area contributed by atoms with Crippen LogP contribution in [0.4, 0.5) is 0 Å². The van der Waals surface area contributed by atoms with Crippen LogP contribution in [0.25, 0.3) is 0 Å². The summed E-state index contributed by atoms with van der Waals surface area (Å²) in [4.78, 5) is 0. The minimum atomic E-state index is 0.577. The first kappa shape index (κ1) is 10.2. The number of rotatable bonds is 6. The second-order valence-corrected chi connectivity index (χ2v) is 5.00. The number of tetrazole rings is 1. The molecule has 1 heterocycles. The highest BCUT2D eigenvalue weighted by Gasteiger charge is 2.31. The van der Waals surface area contributed by atoms with Crippen LogP contribution in [-0.4, -0.2) is 26.2 Å². The van der Waals surface area contributed by atoms with Gasteiger partial charge in [-0.3, -0.25) is 0 Å². The SMILES string of the molecule is CCC(NCc1nnnn1C1CC1)C1CC1. The van der Waals surface area contributed by atoms with E-state index < -0.39 is 0 Å². The summed E-state index contributed by atoms with van der Waals surface area (Å²) in [7, 11) is 0. The van der Waals surface area contributed by atoms with Crippen molar-refractivity contribution in [2.24, 2.45) is 5.92 Å². The topological polar surface area (TPSA) is 55.6 Å². The van der Waals surface area contributed by atoms with Gasteiger partial charge in [0.1, 0.15) is 0 Å². The zero-order chi connectivity index (χ0) is 11.0. The molecule has 1 aromatic rings. The number of nitrogens with zero attached hydrogens (tertiary/aromatic N) is 4. The van der Waals surface area contributed by atoms with E-state index >= 15 is 0 Å². The Morgan fingerprint density at radius 1 is 1.38 bits per heavy atom. The van der Waals surface area contributed by atoms with Crippen LogP contribution >= 0.6 is 0 Å². The summed E-state index contributed by atoms with van der Waals surface area (Å²) in [5.74, 6) is 1.90. The van der Waals surface area contributed by atoms with E-state index in [9.17, 15) is 0 Å². The van der Waals surface area contributed by atoms with Crippen molar-refractivity contribution >= 4 is 0 Å². The minimum absolute atomic E-state index is 0.577. The van der Waals surface area contributed by atoms with E-state index in [1.54, 1.807) is 0 Å². The van der Waals surface area contributed by atoms with E-state index in [-0.39, 0.29) is 0 Å². The number of nitrogens with one attached hydrogen (secondary N) is 1. The summed E-state index contributed by atoms with van der Waals surface area (Å²) in [5, 5.41) is 15.5. The molecule has 0 spiro atoms. The van der Waals surface area contributed by atoms with Crippen LogP contribution in [0.3, 0.4) is 0 Å². The molecule has 1 aromatic heterocycles. The lowest BCUT2D eigenvalue weighted by atomic mass is 10.1. The van der Waals surface area contributed by atoms with Gasteiger partial charge in [0.05, 0.1) is 12.6 Å². The highest BCUT2D eigenvalue weighted by atomic mass is 15.6. The van der Waals surface area contributed by atoms with Crippen molar-refractivity contribution < 1.29 is 0 Å². The average Bonchev–Trinajstić information content (AvgIpc) is 3.20.